The van der Waals surface area contributed by atoms with Gasteiger partial charge < -0.3 is 15.8 Å². The summed E-state index contributed by atoms with van der Waals surface area (Å²) >= 11 is 0. The minimum absolute atomic E-state index is 0. The Kier molecular flexibility index (Phi) is 10.5. The van der Waals surface area contributed by atoms with E-state index in [4.69, 9.17) is 10.5 Å². The maximum absolute atomic E-state index is 11.9. The molecule has 0 aromatic heterocycles. The normalized spacial score (nSPS) is 25.4. The Balaban J connectivity index is 0.00000361. The highest BCUT2D eigenvalue weighted by Gasteiger charge is 2.26. The Morgan fingerprint density at radius 2 is 2.20 bits per heavy atom. The van der Waals surface area contributed by atoms with Crippen molar-refractivity contribution in [2.45, 2.75) is 56.4 Å². The van der Waals surface area contributed by atoms with Crippen LogP contribution >= 0.6 is 12.4 Å². The topological polar surface area (TPSA) is 81.4 Å². The second-order valence-corrected chi connectivity index (χ2v) is 7.03. The molecule has 0 saturated heterocycles. The first-order valence-corrected chi connectivity index (χ1v) is 8.38. The summed E-state index contributed by atoms with van der Waals surface area (Å²) in [6.07, 6.45) is 3.92. The number of hydrogen-bond acceptors (Lipinski definition) is 4. The number of nitrogens with one attached hydrogen (secondary N) is 1. The van der Waals surface area contributed by atoms with Crippen molar-refractivity contribution in [2.24, 2.45) is 5.73 Å². The van der Waals surface area contributed by atoms with E-state index in [0.29, 0.717) is 18.7 Å². The van der Waals surface area contributed by atoms with Crippen molar-refractivity contribution in [3.63, 3.8) is 0 Å². The number of amides is 1. The molecule has 1 amide bonds. The van der Waals surface area contributed by atoms with E-state index in [2.05, 4.69) is 5.32 Å². The molecule has 0 bridgehead atoms. The SMILES string of the molecule is CCS(=O)C1CCCC(NC(=O)CC(CN)OC)C1.Cl. The maximum atomic E-state index is 11.9. The van der Waals surface area contributed by atoms with E-state index in [1.54, 1.807) is 7.11 Å². The third-order valence-electron chi connectivity index (χ3n) is 3.66. The number of nitrogens with two attached hydrogens (primary N) is 1. The second kappa shape index (κ2) is 10.5. The maximum Gasteiger partial charge on any atom is 0.222 e. The van der Waals surface area contributed by atoms with Gasteiger partial charge in [0.25, 0.3) is 0 Å². The summed E-state index contributed by atoms with van der Waals surface area (Å²) < 4.78 is 16.9. The average Bonchev–Trinajstić information content (AvgIpc) is 2.44. The highest BCUT2D eigenvalue weighted by molar-refractivity contribution is 7.85. The molecule has 1 rings (SSSR count). The number of carbonyl (C=O) groups excluding carboxylic acids is 1. The average molecular weight is 327 g/mol. The molecule has 0 radical (unpaired) electrons. The molecule has 1 aliphatic rings. The van der Waals surface area contributed by atoms with Crippen molar-refractivity contribution in [3.05, 3.63) is 0 Å². The Morgan fingerprint density at radius 1 is 1.50 bits per heavy atom. The monoisotopic (exact) mass is 326 g/mol. The van der Waals surface area contributed by atoms with Gasteiger partial charge in [-0.1, -0.05) is 13.3 Å². The Morgan fingerprint density at radius 3 is 2.75 bits per heavy atom. The zero-order valence-electron chi connectivity index (χ0n) is 12.3. The van der Waals surface area contributed by atoms with E-state index in [1.807, 2.05) is 6.92 Å². The molecule has 0 aromatic carbocycles. The lowest BCUT2D eigenvalue weighted by atomic mass is 9.95. The molecular weight excluding hydrogens is 300 g/mol. The molecular formula is C13H27ClN2O3S. The van der Waals surface area contributed by atoms with Crippen molar-refractivity contribution in [1.29, 1.82) is 0 Å². The van der Waals surface area contributed by atoms with Crippen LogP contribution in [0.3, 0.4) is 0 Å². The number of halogens is 1. The predicted octanol–water partition coefficient (Wildman–Crippen LogP) is 0.968. The molecule has 7 heteroatoms. The van der Waals surface area contributed by atoms with Crippen LogP contribution in [0.1, 0.15) is 39.0 Å². The molecule has 1 saturated carbocycles. The van der Waals surface area contributed by atoms with Gasteiger partial charge in [-0.25, -0.2) is 0 Å². The van der Waals surface area contributed by atoms with Crippen molar-refractivity contribution < 1.29 is 13.7 Å². The number of carbonyl (C=O) groups is 1. The summed E-state index contributed by atoms with van der Waals surface area (Å²) in [5.74, 6) is 0.676. The first-order chi connectivity index (χ1) is 9.10. The summed E-state index contributed by atoms with van der Waals surface area (Å²) in [6, 6.07) is 0.150. The van der Waals surface area contributed by atoms with Gasteiger partial charge in [0.15, 0.2) is 0 Å². The van der Waals surface area contributed by atoms with Crippen LogP contribution in [-0.2, 0) is 20.3 Å². The first kappa shape index (κ1) is 19.8. The van der Waals surface area contributed by atoms with Crippen LogP contribution in [0.5, 0.6) is 0 Å². The van der Waals surface area contributed by atoms with Crippen molar-refractivity contribution in [1.82, 2.24) is 5.32 Å². The molecule has 0 aromatic rings. The Labute approximate surface area is 130 Å². The van der Waals surface area contributed by atoms with E-state index in [9.17, 15) is 9.00 Å². The van der Waals surface area contributed by atoms with Gasteiger partial charge in [0, 0.05) is 41.5 Å². The molecule has 5 nitrogen and oxygen atoms in total. The van der Waals surface area contributed by atoms with Crippen LogP contribution in [0.4, 0.5) is 0 Å². The van der Waals surface area contributed by atoms with Gasteiger partial charge in [0.05, 0.1) is 12.5 Å². The second-order valence-electron chi connectivity index (χ2n) is 5.02. The number of rotatable bonds is 7. The molecule has 0 heterocycles. The van der Waals surface area contributed by atoms with Gasteiger partial charge >= 0.3 is 0 Å². The quantitative estimate of drug-likeness (QED) is 0.730. The molecule has 3 N–H and O–H groups in total. The van der Waals surface area contributed by atoms with Crippen LogP contribution < -0.4 is 11.1 Å². The van der Waals surface area contributed by atoms with E-state index in [-0.39, 0.29) is 35.7 Å². The number of hydrogen-bond donors (Lipinski definition) is 2. The van der Waals surface area contributed by atoms with E-state index < -0.39 is 10.8 Å². The van der Waals surface area contributed by atoms with E-state index in [0.717, 1.165) is 25.7 Å². The third-order valence-corrected chi connectivity index (χ3v) is 5.40. The summed E-state index contributed by atoms with van der Waals surface area (Å²) in [7, 11) is 0.802. The van der Waals surface area contributed by atoms with Gasteiger partial charge in [0.1, 0.15) is 0 Å². The van der Waals surface area contributed by atoms with Crippen LogP contribution in [0, 0.1) is 0 Å². The zero-order chi connectivity index (χ0) is 14.3. The lowest BCUT2D eigenvalue weighted by molar-refractivity contribution is -0.124. The Bertz CT molecular complexity index is 314. The molecule has 20 heavy (non-hydrogen) atoms. The minimum atomic E-state index is -0.759. The summed E-state index contributed by atoms with van der Waals surface area (Å²) in [6.45, 7) is 2.29. The third kappa shape index (κ3) is 6.52. The standard InChI is InChI=1S/C13H26N2O3S.ClH/c1-3-19(17)12-6-4-5-10(7-12)15-13(16)8-11(9-14)18-2;/h10-12H,3-9,14H2,1-2H3,(H,15,16);1H. The van der Waals surface area contributed by atoms with Crippen LogP contribution in [0.15, 0.2) is 0 Å². The largest absolute Gasteiger partial charge is 0.380 e. The summed E-state index contributed by atoms with van der Waals surface area (Å²) in [4.78, 5) is 11.9. The highest BCUT2D eigenvalue weighted by atomic mass is 35.5. The number of methoxy groups -OCH3 is 1. The van der Waals surface area contributed by atoms with Gasteiger partial charge in [-0.05, 0) is 19.3 Å². The highest BCUT2D eigenvalue weighted by Crippen LogP contribution is 2.23. The van der Waals surface area contributed by atoms with Crippen LogP contribution in [-0.4, -0.2) is 46.9 Å². The summed E-state index contributed by atoms with van der Waals surface area (Å²) in [5.41, 5.74) is 5.50. The van der Waals surface area contributed by atoms with Gasteiger partial charge in [0.2, 0.25) is 5.91 Å². The lowest BCUT2D eigenvalue weighted by Gasteiger charge is -2.29. The fourth-order valence-electron chi connectivity index (χ4n) is 2.51. The zero-order valence-corrected chi connectivity index (χ0v) is 13.9. The smallest absolute Gasteiger partial charge is 0.222 e. The summed E-state index contributed by atoms with van der Waals surface area (Å²) in [5, 5.41) is 3.25. The molecule has 1 aliphatic carbocycles. The molecule has 0 aliphatic heterocycles. The fourth-order valence-corrected chi connectivity index (χ4v) is 3.85. The Hall–Kier alpha value is -0.170. The molecule has 4 unspecified atom stereocenters. The van der Waals surface area contributed by atoms with Crippen molar-refractivity contribution in [2.75, 3.05) is 19.4 Å². The fraction of sp³-hybridized carbons (Fsp3) is 0.923. The van der Waals surface area contributed by atoms with Crippen molar-refractivity contribution in [3.8, 4) is 0 Å². The molecule has 0 spiro atoms. The van der Waals surface area contributed by atoms with E-state index in [1.165, 1.54) is 0 Å². The van der Waals surface area contributed by atoms with E-state index >= 15 is 0 Å². The molecule has 120 valence electrons. The lowest BCUT2D eigenvalue weighted by Crippen LogP contribution is -2.42. The van der Waals surface area contributed by atoms with Gasteiger partial charge in [-0.2, -0.15) is 0 Å². The predicted molar refractivity (Wildman–Crippen MR) is 84.6 cm³/mol. The molecule has 4 atom stereocenters. The van der Waals surface area contributed by atoms with Gasteiger partial charge in [-0.3, -0.25) is 9.00 Å². The van der Waals surface area contributed by atoms with Gasteiger partial charge in [-0.15, -0.1) is 12.4 Å². The van der Waals surface area contributed by atoms with Crippen LogP contribution in [0.2, 0.25) is 0 Å². The molecule has 1 fully saturated rings. The van der Waals surface area contributed by atoms with Crippen LogP contribution in [0.25, 0.3) is 0 Å². The number of ether oxygens (including phenoxy) is 1. The minimum Gasteiger partial charge on any atom is -0.380 e. The first-order valence-electron chi connectivity index (χ1n) is 7.00. The van der Waals surface area contributed by atoms with Crippen molar-refractivity contribution >= 4 is 29.1 Å².